The number of benzene rings is 1. The van der Waals surface area contributed by atoms with Crippen molar-refractivity contribution >= 4 is 17.6 Å². The lowest BCUT2D eigenvalue weighted by Crippen LogP contribution is -2.06. The van der Waals surface area contributed by atoms with Crippen LogP contribution in [0.15, 0.2) is 18.2 Å². The third-order valence-electron chi connectivity index (χ3n) is 2.96. The van der Waals surface area contributed by atoms with E-state index >= 15 is 0 Å². The van der Waals surface area contributed by atoms with Crippen LogP contribution in [0, 0.1) is 0 Å². The van der Waals surface area contributed by atoms with Gasteiger partial charge in [-0.2, -0.15) is 18.3 Å². The molecule has 0 bridgehead atoms. The van der Waals surface area contributed by atoms with E-state index in [9.17, 15) is 18.0 Å². The van der Waals surface area contributed by atoms with E-state index in [2.05, 4.69) is 5.10 Å². The number of carbonyl (C=O) groups is 1. The van der Waals surface area contributed by atoms with Crippen LogP contribution in [0.25, 0.3) is 11.3 Å². The predicted molar refractivity (Wildman–Crippen MR) is 72.2 cm³/mol. The van der Waals surface area contributed by atoms with Gasteiger partial charge in [0.15, 0.2) is 5.69 Å². The van der Waals surface area contributed by atoms with Crippen LogP contribution in [0.4, 0.5) is 13.2 Å². The highest BCUT2D eigenvalue weighted by atomic mass is 35.5. The average Bonchev–Trinajstić information content (AvgIpc) is 2.78. The van der Waals surface area contributed by atoms with Gasteiger partial charge in [-0.3, -0.25) is 4.68 Å². The molecular formula is C13H10ClF3N2O3. The molecule has 0 fully saturated rings. The Hall–Kier alpha value is -2.22. The van der Waals surface area contributed by atoms with Gasteiger partial charge in [-0.05, 0) is 18.2 Å². The van der Waals surface area contributed by atoms with Crippen molar-refractivity contribution in [1.29, 1.82) is 0 Å². The second kappa shape index (κ2) is 5.53. The lowest BCUT2D eigenvalue weighted by atomic mass is 10.1. The van der Waals surface area contributed by atoms with E-state index in [-0.39, 0.29) is 27.7 Å². The Morgan fingerprint density at radius 3 is 2.45 bits per heavy atom. The van der Waals surface area contributed by atoms with E-state index in [1.165, 1.54) is 24.9 Å². The third-order valence-corrected chi connectivity index (χ3v) is 3.25. The first kappa shape index (κ1) is 16.2. The molecule has 0 saturated heterocycles. The topological polar surface area (TPSA) is 64.3 Å². The lowest BCUT2D eigenvalue weighted by Gasteiger charge is -2.14. The molecule has 1 heterocycles. The average molecular weight is 335 g/mol. The summed E-state index contributed by atoms with van der Waals surface area (Å²) in [6.45, 7) is 0. The summed E-state index contributed by atoms with van der Waals surface area (Å²) in [5.74, 6) is -1.39. The smallest absolute Gasteiger partial charge is 0.416 e. The first-order chi connectivity index (χ1) is 10.1. The zero-order valence-corrected chi connectivity index (χ0v) is 12.2. The van der Waals surface area contributed by atoms with Crippen molar-refractivity contribution in [2.45, 2.75) is 6.18 Å². The quantitative estimate of drug-likeness (QED) is 0.933. The Morgan fingerprint density at radius 2 is 2.00 bits per heavy atom. The predicted octanol–water partition coefficient (Wildman–Crippen LogP) is 3.47. The fraction of sp³-hybridized carbons (Fsp3) is 0.231. The van der Waals surface area contributed by atoms with Crippen molar-refractivity contribution in [3.63, 3.8) is 0 Å². The van der Waals surface area contributed by atoms with Gasteiger partial charge in [0.25, 0.3) is 0 Å². The summed E-state index contributed by atoms with van der Waals surface area (Å²) < 4.78 is 44.6. The number of carboxylic acid groups (broad SMARTS) is 1. The fourth-order valence-electron chi connectivity index (χ4n) is 1.96. The van der Waals surface area contributed by atoms with Crippen LogP contribution in [0.2, 0.25) is 5.02 Å². The van der Waals surface area contributed by atoms with Gasteiger partial charge in [-0.15, -0.1) is 0 Å². The number of alkyl halides is 3. The zero-order chi connectivity index (χ0) is 16.7. The number of methoxy groups -OCH3 is 1. The largest absolute Gasteiger partial charge is 0.496 e. The second-order valence-electron chi connectivity index (χ2n) is 4.38. The van der Waals surface area contributed by atoms with Gasteiger partial charge in [0, 0.05) is 7.05 Å². The minimum absolute atomic E-state index is 0.125. The molecule has 22 heavy (non-hydrogen) atoms. The normalized spacial score (nSPS) is 11.5. The van der Waals surface area contributed by atoms with Crippen LogP contribution in [0.3, 0.4) is 0 Å². The van der Waals surface area contributed by atoms with Crippen LogP contribution in [0.1, 0.15) is 16.1 Å². The van der Waals surface area contributed by atoms with Gasteiger partial charge in [0.05, 0.1) is 29.0 Å². The number of rotatable bonds is 3. The number of ether oxygens (including phenoxy) is 1. The van der Waals surface area contributed by atoms with Gasteiger partial charge in [0.1, 0.15) is 5.75 Å². The van der Waals surface area contributed by atoms with Crippen LogP contribution in [-0.2, 0) is 13.2 Å². The van der Waals surface area contributed by atoms with Crippen molar-refractivity contribution in [3.05, 3.63) is 34.5 Å². The number of carboxylic acids is 1. The Labute approximate surface area is 127 Å². The summed E-state index contributed by atoms with van der Waals surface area (Å²) >= 11 is 5.95. The van der Waals surface area contributed by atoms with E-state index in [1.54, 1.807) is 0 Å². The summed E-state index contributed by atoms with van der Waals surface area (Å²) in [6.07, 6.45) is -4.58. The first-order valence-corrected chi connectivity index (χ1v) is 6.25. The third kappa shape index (κ3) is 2.87. The van der Waals surface area contributed by atoms with Crippen molar-refractivity contribution in [2.75, 3.05) is 7.11 Å². The van der Waals surface area contributed by atoms with Crippen LogP contribution >= 0.6 is 11.6 Å². The maximum absolute atomic E-state index is 12.8. The maximum Gasteiger partial charge on any atom is 0.416 e. The molecule has 0 aliphatic carbocycles. The SMILES string of the molecule is COc1cc(C(F)(F)F)cc(Cl)c1-c1cc(C(=O)O)nn1C. The summed E-state index contributed by atoms with van der Waals surface area (Å²) in [5, 5.41) is 12.5. The Bertz CT molecular complexity index is 741. The number of nitrogens with zero attached hydrogens (tertiary/aromatic N) is 2. The standard InChI is InChI=1S/C13H10ClF3N2O3/c1-19-9(5-8(18-19)12(20)21)11-7(14)3-6(13(15,16)17)4-10(11)22-2/h3-5H,1-2H3,(H,20,21). The summed E-state index contributed by atoms with van der Waals surface area (Å²) in [5.41, 5.74) is -0.845. The van der Waals surface area contributed by atoms with Crippen molar-refractivity contribution in [1.82, 2.24) is 9.78 Å². The van der Waals surface area contributed by atoms with Crippen molar-refractivity contribution in [3.8, 4) is 17.0 Å². The molecule has 0 unspecified atom stereocenters. The highest BCUT2D eigenvalue weighted by Gasteiger charge is 2.33. The minimum atomic E-state index is -4.58. The molecule has 0 amide bonds. The number of aryl methyl sites for hydroxylation is 1. The molecule has 9 heteroatoms. The molecule has 2 rings (SSSR count). The highest BCUT2D eigenvalue weighted by Crippen LogP contribution is 2.42. The Kier molecular flexibility index (Phi) is 4.06. The zero-order valence-electron chi connectivity index (χ0n) is 11.4. The summed E-state index contributed by atoms with van der Waals surface area (Å²) in [6, 6.07) is 2.76. The monoisotopic (exact) mass is 334 g/mol. The van der Waals surface area contributed by atoms with Crippen molar-refractivity contribution in [2.24, 2.45) is 7.05 Å². The van der Waals surface area contributed by atoms with Crippen LogP contribution < -0.4 is 4.74 Å². The molecule has 0 atom stereocenters. The lowest BCUT2D eigenvalue weighted by molar-refractivity contribution is -0.137. The van der Waals surface area contributed by atoms with Crippen LogP contribution in [0.5, 0.6) is 5.75 Å². The van der Waals surface area contributed by atoms with E-state index in [1.807, 2.05) is 0 Å². The molecule has 0 spiro atoms. The van der Waals surface area contributed by atoms with Gasteiger partial charge in [0.2, 0.25) is 0 Å². The van der Waals surface area contributed by atoms with E-state index < -0.39 is 17.7 Å². The highest BCUT2D eigenvalue weighted by molar-refractivity contribution is 6.33. The maximum atomic E-state index is 12.8. The number of aromatic nitrogens is 2. The van der Waals surface area contributed by atoms with Gasteiger partial charge >= 0.3 is 12.1 Å². The minimum Gasteiger partial charge on any atom is -0.496 e. The number of halogens is 4. The molecule has 0 saturated carbocycles. The second-order valence-corrected chi connectivity index (χ2v) is 4.78. The van der Waals surface area contributed by atoms with Gasteiger partial charge in [-0.1, -0.05) is 11.6 Å². The van der Waals surface area contributed by atoms with Crippen LogP contribution in [-0.4, -0.2) is 28.0 Å². The molecule has 1 aromatic carbocycles. The molecule has 0 radical (unpaired) electrons. The number of hydrogen-bond acceptors (Lipinski definition) is 3. The molecule has 1 N–H and O–H groups in total. The van der Waals surface area contributed by atoms with Gasteiger partial charge < -0.3 is 9.84 Å². The summed E-state index contributed by atoms with van der Waals surface area (Å²) in [4.78, 5) is 10.9. The van der Waals surface area contributed by atoms with E-state index in [0.717, 1.165) is 12.1 Å². The van der Waals surface area contributed by atoms with Gasteiger partial charge in [-0.25, -0.2) is 4.79 Å². The molecular weight excluding hydrogens is 325 g/mol. The molecule has 5 nitrogen and oxygen atoms in total. The Morgan fingerprint density at radius 1 is 1.36 bits per heavy atom. The van der Waals surface area contributed by atoms with E-state index in [4.69, 9.17) is 21.4 Å². The molecule has 0 aliphatic heterocycles. The summed E-state index contributed by atoms with van der Waals surface area (Å²) in [7, 11) is 2.65. The molecule has 0 aliphatic rings. The first-order valence-electron chi connectivity index (χ1n) is 5.87. The number of hydrogen-bond donors (Lipinski definition) is 1. The molecule has 2 aromatic rings. The van der Waals surface area contributed by atoms with E-state index in [0.29, 0.717) is 0 Å². The molecule has 1 aromatic heterocycles. The fourth-order valence-corrected chi connectivity index (χ4v) is 2.27. The number of aromatic carboxylic acids is 1. The molecule has 118 valence electrons. The van der Waals surface area contributed by atoms with Crippen molar-refractivity contribution < 1.29 is 27.8 Å². The Balaban J connectivity index is 2.68.